The Morgan fingerprint density at radius 1 is 1.17 bits per heavy atom. The van der Waals surface area contributed by atoms with Gasteiger partial charge < -0.3 is 9.64 Å². The van der Waals surface area contributed by atoms with E-state index in [9.17, 15) is 4.79 Å². The summed E-state index contributed by atoms with van der Waals surface area (Å²) in [6.07, 6.45) is 9.80. The van der Waals surface area contributed by atoms with Gasteiger partial charge in [0.25, 0.3) is 0 Å². The highest BCUT2D eigenvalue weighted by atomic mass is 35.5. The van der Waals surface area contributed by atoms with Crippen molar-refractivity contribution in [3.63, 3.8) is 0 Å². The van der Waals surface area contributed by atoms with Gasteiger partial charge in [0.15, 0.2) is 11.6 Å². The third kappa shape index (κ3) is 5.72. The predicted octanol–water partition coefficient (Wildman–Crippen LogP) is 6.27. The molecule has 8 heteroatoms. The summed E-state index contributed by atoms with van der Waals surface area (Å²) in [5.74, 6) is 2.17. The van der Waals surface area contributed by atoms with Crippen LogP contribution >= 0.6 is 11.6 Å². The fourth-order valence-corrected chi connectivity index (χ4v) is 5.39. The molecule has 7 nitrogen and oxygen atoms in total. The second-order valence-corrected chi connectivity index (χ2v) is 10.5. The number of amides is 1. The largest absolute Gasteiger partial charge is 0.495 e. The molecule has 192 valence electrons. The third-order valence-electron chi connectivity index (χ3n) is 7.05. The second kappa shape index (κ2) is 11.4. The molecule has 0 N–H and O–H groups in total. The minimum atomic E-state index is -0.381. The van der Waals surface area contributed by atoms with E-state index in [1.807, 2.05) is 35.0 Å². The van der Waals surface area contributed by atoms with Crippen molar-refractivity contribution in [2.75, 3.05) is 13.7 Å². The minimum Gasteiger partial charge on any atom is -0.495 e. The fourth-order valence-electron chi connectivity index (χ4n) is 5.13. The van der Waals surface area contributed by atoms with Crippen molar-refractivity contribution in [3.8, 4) is 28.5 Å². The lowest BCUT2D eigenvalue weighted by Crippen LogP contribution is -2.47. The normalized spacial score (nSPS) is 14.2. The van der Waals surface area contributed by atoms with Gasteiger partial charge in [0, 0.05) is 41.5 Å². The Hall–Kier alpha value is -2.93. The van der Waals surface area contributed by atoms with Crippen LogP contribution in [0, 0.1) is 5.41 Å². The number of rotatable bonds is 10. The molecule has 2 aromatic heterocycles. The molecule has 0 saturated heterocycles. The van der Waals surface area contributed by atoms with Gasteiger partial charge in [-0.1, -0.05) is 51.6 Å². The molecule has 0 aliphatic heterocycles. The van der Waals surface area contributed by atoms with Crippen molar-refractivity contribution in [2.45, 2.75) is 71.9 Å². The number of hydrogen-bond acceptors (Lipinski definition) is 5. The number of aromatic nitrogens is 4. The number of nitrogens with zero attached hydrogens (tertiary/aromatic N) is 5. The van der Waals surface area contributed by atoms with Crippen molar-refractivity contribution >= 4 is 17.5 Å². The van der Waals surface area contributed by atoms with E-state index in [1.54, 1.807) is 19.5 Å². The van der Waals surface area contributed by atoms with Gasteiger partial charge in [0.2, 0.25) is 5.91 Å². The average molecular weight is 510 g/mol. The lowest BCUT2D eigenvalue weighted by molar-refractivity contribution is -0.143. The monoisotopic (exact) mass is 509 g/mol. The molecule has 0 atom stereocenters. The summed E-state index contributed by atoms with van der Waals surface area (Å²) in [6.45, 7) is 7.41. The number of carbonyl (C=O) groups excluding carboxylic acids is 1. The summed E-state index contributed by atoms with van der Waals surface area (Å²) in [6, 6.07) is 9.70. The molecule has 1 aliphatic carbocycles. The van der Waals surface area contributed by atoms with Crippen molar-refractivity contribution in [1.29, 1.82) is 0 Å². The first-order chi connectivity index (χ1) is 17.3. The van der Waals surface area contributed by atoms with Crippen LogP contribution in [-0.4, -0.2) is 50.3 Å². The van der Waals surface area contributed by atoms with E-state index in [-0.39, 0.29) is 17.4 Å². The predicted molar refractivity (Wildman–Crippen MR) is 143 cm³/mol. The number of halogens is 1. The maximum atomic E-state index is 13.7. The molecule has 0 spiro atoms. The summed E-state index contributed by atoms with van der Waals surface area (Å²) in [5, 5.41) is 5.36. The Kier molecular flexibility index (Phi) is 8.29. The number of pyridine rings is 1. The molecule has 36 heavy (non-hydrogen) atoms. The fraction of sp³-hybridized carbons (Fsp3) is 0.500. The zero-order valence-corrected chi connectivity index (χ0v) is 22.5. The van der Waals surface area contributed by atoms with E-state index in [2.05, 4.69) is 30.7 Å². The van der Waals surface area contributed by atoms with E-state index in [0.29, 0.717) is 35.5 Å². The summed E-state index contributed by atoms with van der Waals surface area (Å²) >= 11 is 6.45. The smallest absolute Gasteiger partial charge is 0.228 e. The Morgan fingerprint density at radius 3 is 2.53 bits per heavy atom. The molecule has 1 aromatic carbocycles. The molecule has 0 bridgehead atoms. The summed E-state index contributed by atoms with van der Waals surface area (Å²) in [5.41, 5.74) is 1.35. The maximum Gasteiger partial charge on any atom is 0.228 e. The van der Waals surface area contributed by atoms with Crippen molar-refractivity contribution in [2.24, 2.45) is 5.41 Å². The van der Waals surface area contributed by atoms with Crippen LogP contribution < -0.4 is 4.74 Å². The molecule has 3 aromatic rings. The van der Waals surface area contributed by atoms with Crippen LogP contribution in [0.4, 0.5) is 0 Å². The van der Waals surface area contributed by atoms with Crippen LogP contribution in [0.25, 0.3) is 22.8 Å². The van der Waals surface area contributed by atoms with Gasteiger partial charge in [-0.05, 0) is 49.6 Å². The molecular weight excluding hydrogens is 474 g/mol. The molecule has 1 aliphatic rings. The number of ether oxygens (including phenoxy) is 1. The second-order valence-electron chi connectivity index (χ2n) is 10.1. The highest BCUT2D eigenvalue weighted by Gasteiger charge is 2.35. The van der Waals surface area contributed by atoms with Crippen molar-refractivity contribution < 1.29 is 9.53 Å². The van der Waals surface area contributed by atoms with Crippen molar-refractivity contribution in [3.05, 3.63) is 47.7 Å². The van der Waals surface area contributed by atoms with E-state index >= 15 is 0 Å². The lowest BCUT2D eigenvalue weighted by Gasteiger charge is -2.36. The highest BCUT2D eigenvalue weighted by Crippen LogP contribution is 2.33. The van der Waals surface area contributed by atoms with Crippen LogP contribution in [0.1, 0.15) is 59.3 Å². The van der Waals surface area contributed by atoms with Gasteiger partial charge >= 0.3 is 0 Å². The van der Waals surface area contributed by atoms with Crippen molar-refractivity contribution in [1.82, 2.24) is 24.6 Å². The van der Waals surface area contributed by atoms with Crippen LogP contribution in [0.2, 0.25) is 5.02 Å². The molecule has 1 saturated carbocycles. The van der Waals surface area contributed by atoms with E-state index in [0.717, 1.165) is 36.8 Å². The lowest BCUT2D eigenvalue weighted by atomic mass is 9.86. The molecule has 0 radical (unpaired) electrons. The third-order valence-corrected chi connectivity index (χ3v) is 7.35. The molecule has 4 rings (SSSR count). The molecular formula is C28H36ClN5O2. The molecule has 2 heterocycles. The zero-order chi connectivity index (χ0) is 25.7. The van der Waals surface area contributed by atoms with Crippen LogP contribution in [0.15, 0.2) is 42.7 Å². The van der Waals surface area contributed by atoms with E-state index in [4.69, 9.17) is 26.4 Å². The minimum absolute atomic E-state index is 0.236. The van der Waals surface area contributed by atoms with Crippen LogP contribution in [0.5, 0.6) is 5.75 Å². The Labute approximate surface area is 218 Å². The van der Waals surface area contributed by atoms with Gasteiger partial charge in [-0.3, -0.25) is 9.78 Å². The van der Waals surface area contributed by atoms with E-state index < -0.39 is 0 Å². The first kappa shape index (κ1) is 26.1. The highest BCUT2D eigenvalue weighted by molar-refractivity contribution is 6.32. The quantitative estimate of drug-likeness (QED) is 0.322. The summed E-state index contributed by atoms with van der Waals surface area (Å²) < 4.78 is 7.23. The van der Waals surface area contributed by atoms with Gasteiger partial charge in [0.05, 0.1) is 18.7 Å². The van der Waals surface area contributed by atoms with Gasteiger partial charge in [-0.2, -0.15) is 5.10 Å². The maximum absolute atomic E-state index is 13.7. The van der Waals surface area contributed by atoms with Gasteiger partial charge in [-0.25, -0.2) is 9.67 Å². The molecule has 1 fully saturated rings. The zero-order valence-electron chi connectivity index (χ0n) is 21.7. The van der Waals surface area contributed by atoms with Gasteiger partial charge in [-0.15, -0.1) is 0 Å². The average Bonchev–Trinajstić information content (AvgIpc) is 3.55. The SMILES string of the molecule is CCCC(C)(C)C(=O)N(CCn1nc(-c2ccncc2)nc1-c1ccc(OC)c(Cl)c1)C1CCCC1. The van der Waals surface area contributed by atoms with Gasteiger partial charge in [0.1, 0.15) is 5.75 Å². The topological polar surface area (TPSA) is 73.1 Å². The molecule has 1 amide bonds. The number of carbonyl (C=O) groups is 1. The number of benzene rings is 1. The Bertz CT molecular complexity index is 1170. The first-order valence-electron chi connectivity index (χ1n) is 12.8. The van der Waals surface area contributed by atoms with E-state index in [1.165, 1.54) is 12.8 Å². The number of hydrogen-bond donors (Lipinski definition) is 0. The Morgan fingerprint density at radius 2 is 1.89 bits per heavy atom. The first-order valence-corrected chi connectivity index (χ1v) is 13.2. The molecule has 0 unspecified atom stereocenters. The van der Waals surface area contributed by atoms with Crippen LogP contribution in [-0.2, 0) is 11.3 Å². The Balaban J connectivity index is 1.67. The standard InChI is InChI=1S/C28H36ClN5O2/c1-5-14-28(2,3)27(35)33(22-8-6-7-9-22)17-18-34-26(21-10-11-24(36-4)23(29)19-21)31-25(32-34)20-12-15-30-16-13-20/h10-13,15-16,19,22H,5-9,14,17-18H2,1-4H3. The summed E-state index contributed by atoms with van der Waals surface area (Å²) in [7, 11) is 1.60. The number of methoxy groups -OCH3 is 1. The van der Waals surface area contributed by atoms with Crippen LogP contribution in [0.3, 0.4) is 0 Å². The summed E-state index contributed by atoms with van der Waals surface area (Å²) in [4.78, 5) is 24.8.